The zero-order valence-electron chi connectivity index (χ0n) is 18.6. The third-order valence-corrected chi connectivity index (χ3v) is 4.85. The number of nitrogens with zero attached hydrogens (tertiary/aromatic N) is 3. The largest absolute Gasteiger partial charge is 0.439 e. The van der Waals surface area contributed by atoms with E-state index in [1.807, 2.05) is 32.2 Å². The van der Waals surface area contributed by atoms with Crippen molar-refractivity contribution in [2.75, 3.05) is 17.3 Å². The Balaban J connectivity index is 0.00000158. The molecule has 4 rings (SSSR count). The number of hydrogen-bond acceptors (Lipinski definition) is 7. The van der Waals surface area contributed by atoms with Crippen LogP contribution in [-0.4, -0.2) is 26.2 Å². The van der Waals surface area contributed by atoms with Gasteiger partial charge < -0.3 is 20.8 Å². The fraction of sp³-hybridized carbons (Fsp3) is 0.174. The minimum absolute atomic E-state index is 0.276. The number of ether oxygens (including phenoxy) is 1. The molecule has 0 aliphatic carbocycles. The van der Waals surface area contributed by atoms with E-state index in [1.165, 1.54) is 30.0 Å². The lowest BCUT2D eigenvalue weighted by Crippen LogP contribution is -2.05. The Morgan fingerprint density at radius 2 is 1.76 bits per heavy atom. The molecule has 34 heavy (non-hydrogen) atoms. The van der Waals surface area contributed by atoms with Crippen LogP contribution in [0.25, 0.3) is 11.3 Å². The molecule has 0 spiro atoms. The Bertz CT molecular complexity index is 1230. The summed E-state index contributed by atoms with van der Waals surface area (Å²) in [7, 11) is 0. The number of hydrogen-bond donors (Lipinski definition) is 3. The number of halogens is 3. The third kappa shape index (κ3) is 6.41. The molecule has 4 N–H and O–H groups in total. The number of rotatable bonds is 6. The summed E-state index contributed by atoms with van der Waals surface area (Å²) in [5.41, 5.74) is 6.79. The maximum Gasteiger partial charge on any atom is 0.416 e. The maximum atomic E-state index is 12.9. The first-order chi connectivity index (χ1) is 16.3. The van der Waals surface area contributed by atoms with Gasteiger partial charge in [-0.2, -0.15) is 18.2 Å². The summed E-state index contributed by atoms with van der Waals surface area (Å²) in [4.78, 5) is 15.6. The monoisotopic (exact) mass is 488 g/mol. The first-order valence-electron chi connectivity index (χ1n) is 10.3. The predicted octanol–water partition coefficient (Wildman–Crippen LogP) is 6.75. The van der Waals surface area contributed by atoms with E-state index in [0.29, 0.717) is 34.2 Å². The van der Waals surface area contributed by atoms with E-state index in [2.05, 4.69) is 25.3 Å². The number of benzene rings is 2. The van der Waals surface area contributed by atoms with Gasteiger partial charge in [0.05, 0.1) is 17.5 Å². The van der Waals surface area contributed by atoms with Gasteiger partial charge in [0.2, 0.25) is 11.8 Å². The fourth-order valence-corrected chi connectivity index (χ4v) is 3.21. The quantitative estimate of drug-likeness (QED) is 0.204. The molecule has 2 aromatic carbocycles. The van der Waals surface area contributed by atoms with E-state index < -0.39 is 11.7 Å². The van der Waals surface area contributed by atoms with Crippen molar-refractivity contribution in [3.63, 3.8) is 0 Å². The lowest BCUT2D eigenvalue weighted by Gasteiger charge is -2.09. The Morgan fingerprint density at radius 1 is 1.03 bits per heavy atom. The van der Waals surface area contributed by atoms with E-state index in [-0.39, 0.29) is 5.69 Å². The highest BCUT2D eigenvalue weighted by molar-refractivity contribution is 7.98. The number of aromatic nitrogens is 4. The average Bonchev–Trinajstić information content (AvgIpc) is 3.28. The highest BCUT2D eigenvalue weighted by Crippen LogP contribution is 2.31. The predicted molar refractivity (Wildman–Crippen MR) is 128 cm³/mol. The zero-order valence-corrected chi connectivity index (χ0v) is 19.5. The second-order valence-electron chi connectivity index (χ2n) is 6.59. The smallest absolute Gasteiger partial charge is 0.416 e. The van der Waals surface area contributed by atoms with Gasteiger partial charge in [-0.25, -0.2) is 9.97 Å². The number of aromatic amines is 1. The molecule has 11 heteroatoms. The fourth-order valence-electron chi connectivity index (χ4n) is 2.83. The summed E-state index contributed by atoms with van der Waals surface area (Å²) in [6.07, 6.45) is -0.986. The standard InChI is InChI=1S/C21H17F3N6OS.C2H6/c1-32-20-29-17(25)10-18(30-20)31-15-7-5-12(6-8-15)16-11-26-19(28-16)27-14-4-2-3-13(9-14)21(22,23)24;1-2/h2-11H,1H3,(H2,25,29,30)(H2,26,27,28);1-2H3. The van der Waals surface area contributed by atoms with E-state index >= 15 is 0 Å². The van der Waals surface area contributed by atoms with Gasteiger partial charge in [0.25, 0.3) is 0 Å². The number of nitrogen functional groups attached to an aromatic ring is 1. The van der Waals surface area contributed by atoms with Crippen molar-refractivity contribution in [3.8, 4) is 22.9 Å². The minimum atomic E-state index is -4.41. The van der Waals surface area contributed by atoms with Gasteiger partial charge in [-0.15, -0.1) is 0 Å². The van der Waals surface area contributed by atoms with Crippen molar-refractivity contribution in [2.45, 2.75) is 25.2 Å². The molecule has 0 atom stereocenters. The second kappa shape index (κ2) is 10.9. The SMILES string of the molecule is CC.CSc1nc(N)cc(Oc2ccc(-c3cnc(Nc4cccc(C(F)(F)F)c4)[nH]3)cc2)n1. The van der Waals surface area contributed by atoms with Crippen LogP contribution in [-0.2, 0) is 6.18 Å². The lowest BCUT2D eigenvalue weighted by molar-refractivity contribution is -0.137. The lowest BCUT2D eigenvalue weighted by atomic mass is 10.2. The molecular formula is C23H23F3N6OS. The van der Waals surface area contributed by atoms with E-state index in [9.17, 15) is 13.2 Å². The molecule has 2 heterocycles. The summed E-state index contributed by atoms with van der Waals surface area (Å²) in [5, 5.41) is 3.36. The molecule has 0 aliphatic heterocycles. The molecule has 0 amide bonds. The summed E-state index contributed by atoms with van der Waals surface area (Å²) in [6, 6.07) is 13.6. The Kier molecular flexibility index (Phi) is 8.00. The van der Waals surface area contributed by atoms with Crippen molar-refractivity contribution in [2.24, 2.45) is 0 Å². The van der Waals surface area contributed by atoms with Crippen LogP contribution in [0, 0.1) is 0 Å². The molecule has 0 saturated carbocycles. The number of anilines is 3. The van der Waals surface area contributed by atoms with Crippen molar-refractivity contribution < 1.29 is 17.9 Å². The third-order valence-electron chi connectivity index (χ3n) is 4.30. The molecule has 7 nitrogen and oxygen atoms in total. The molecule has 0 unspecified atom stereocenters. The molecule has 2 aromatic heterocycles. The summed E-state index contributed by atoms with van der Waals surface area (Å²) < 4.78 is 44.4. The topological polar surface area (TPSA) is 102 Å². The Morgan fingerprint density at radius 3 is 2.44 bits per heavy atom. The average molecular weight is 489 g/mol. The molecule has 0 saturated heterocycles. The van der Waals surface area contributed by atoms with Crippen LogP contribution in [0.3, 0.4) is 0 Å². The first kappa shape index (κ1) is 24.9. The molecule has 0 fully saturated rings. The molecular weight excluding hydrogens is 465 g/mol. The number of thioether (sulfide) groups is 1. The first-order valence-corrected chi connectivity index (χ1v) is 11.5. The van der Waals surface area contributed by atoms with Crippen molar-refractivity contribution in [1.82, 2.24) is 19.9 Å². The summed E-state index contributed by atoms with van der Waals surface area (Å²) in [5.74, 6) is 1.53. The van der Waals surface area contributed by atoms with Crippen LogP contribution < -0.4 is 15.8 Å². The van der Waals surface area contributed by atoms with Crippen molar-refractivity contribution in [3.05, 3.63) is 66.4 Å². The van der Waals surface area contributed by atoms with E-state index in [0.717, 1.165) is 17.7 Å². The highest BCUT2D eigenvalue weighted by atomic mass is 32.2. The zero-order chi connectivity index (χ0) is 24.7. The number of H-pyrrole nitrogens is 1. The van der Waals surface area contributed by atoms with Crippen LogP contribution in [0.4, 0.5) is 30.6 Å². The van der Waals surface area contributed by atoms with Gasteiger partial charge in [0, 0.05) is 11.8 Å². The van der Waals surface area contributed by atoms with Gasteiger partial charge in [0.1, 0.15) is 11.6 Å². The molecule has 0 aliphatic rings. The van der Waals surface area contributed by atoms with Gasteiger partial charge in [-0.3, -0.25) is 0 Å². The van der Waals surface area contributed by atoms with Crippen molar-refractivity contribution >= 4 is 29.2 Å². The molecule has 0 radical (unpaired) electrons. The second-order valence-corrected chi connectivity index (χ2v) is 7.37. The number of alkyl halides is 3. The van der Waals surface area contributed by atoms with Crippen LogP contribution in [0.15, 0.2) is 66.0 Å². The molecule has 4 aromatic rings. The van der Waals surface area contributed by atoms with Crippen LogP contribution in [0.5, 0.6) is 11.6 Å². The van der Waals surface area contributed by atoms with Gasteiger partial charge in [0.15, 0.2) is 5.16 Å². The number of nitrogens with two attached hydrogens (primary N) is 1. The van der Waals surface area contributed by atoms with Crippen LogP contribution in [0.2, 0.25) is 0 Å². The Labute approximate surface area is 199 Å². The summed E-state index contributed by atoms with van der Waals surface area (Å²) >= 11 is 1.36. The highest BCUT2D eigenvalue weighted by Gasteiger charge is 2.30. The number of imidazole rings is 1. The van der Waals surface area contributed by atoms with Gasteiger partial charge in [-0.05, 0) is 54.3 Å². The van der Waals surface area contributed by atoms with Crippen LogP contribution in [0.1, 0.15) is 19.4 Å². The van der Waals surface area contributed by atoms with Gasteiger partial charge in [-0.1, -0.05) is 31.7 Å². The van der Waals surface area contributed by atoms with E-state index in [1.54, 1.807) is 18.3 Å². The van der Waals surface area contributed by atoms with E-state index in [4.69, 9.17) is 10.5 Å². The van der Waals surface area contributed by atoms with Crippen molar-refractivity contribution in [1.29, 1.82) is 0 Å². The van der Waals surface area contributed by atoms with Gasteiger partial charge >= 0.3 is 6.18 Å². The van der Waals surface area contributed by atoms with Crippen LogP contribution >= 0.6 is 11.8 Å². The minimum Gasteiger partial charge on any atom is -0.439 e. The normalized spacial score (nSPS) is 10.9. The number of nitrogens with one attached hydrogen (secondary N) is 2. The molecule has 0 bridgehead atoms. The maximum absolute atomic E-state index is 12.9. The summed E-state index contributed by atoms with van der Waals surface area (Å²) in [6.45, 7) is 4.00. The molecule has 178 valence electrons. The Hall–Kier alpha value is -3.73.